The lowest BCUT2D eigenvalue weighted by atomic mass is 10.2. The molecule has 0 spiro atoms. The SMILES string of the molecule is CCOC(CC)c1nc(CNCCOC)cc(=O)[nH]1. The Balaban J connectivity index is 2.72. The molecule has 0 aliphatic rings. The Bertz CT molecular complexity index is 420. The first kappa shape index (κ1) is 15.8. The largest absolute Gasteiger partial charge is 0.383 e. The number of H-pyrrole nitrogens is 1. The summed E-state index contributed by atoms with van der Waals surface area (Å²) in [6.45, 7) is 6.43. The van der Waals surface area contributed by atoms with Gasteiger partial charge in [-0.3, -0.25) is 4.79 Å². The van der Waals surface area contributed by atoms with Crippen molar-refractivity contribution in [1.82, 2.24) is 15.3 Å². The third-order valence-electron chi connectivity index (χ3n) is 2.65. The Morgan fingerprint density at radius 2 is 2.26 bits per heavy atom. The molecule has 0 saturated heterocycles. The summed E-state index contributed by atoms with van der Waals surface area (Å²) in [6.07, 6.45) is 0.619. The van der Waals surface area contributed by atoms with E-state index < -0.39 is 0 Å². The summed E-state index contributed by atoms with van der Waals surface area (Å²) >= 11 is 0. The first-order chi connectivity index (χ1) is 9.21. The Kier molecular flexibility index (Phi) is 7.32. The van der Waals surface area contributed by atoms with Gasteiger partial charge in [-0.2, -0.15) is 0 Å². The van der Waals surface area contributed by atoms with E-state index in [0.29, 0.717) is 31.3 Å². The number of methoxy groups -OCH3 is 1. The minimum Gasteiger partial charge on any atom is -0.383 e. The van der Waals surface area contributed by atoms with Gasteiger partial charge in [0.2, 0.25) is 0 Å². The van der Waals surface area contributed by atoms with Gasteiger partial charge in [0.15, 0.2) is 0 Å². The molecule has 0 radical (unpaired) electrons. The molecule has 6 nitrogen and oxygen atoms in total. The van der Waals surface area contributed by atoms with Crippen molar-refractivity contribution in [2.75, 3.05) is 26.9 Å². The molecule has 0 aromatic carbocycles. The molecule has 1 aromatic rings. The highest BCUT2D eigenvalue weighted by Gasteiger charge is 2.12. The van der Waals surface area contributed by atoms with Gasteiger partial charge >= 0.3 is 0 Å². The predicted octanol–water partition coefficient (Wildman–Crippen LogP) is 0.993. The molecule has 108 valence electrons. The van der Waals surface area contributed by atoms with Gasteiger partial charge in [-0.15, -0.1) is 0 Å². The summed E-state index contributed by atoms with van der Waals surface area (Å²) in [4.78, 5) is 18.8. The average Bonchev–Trinajstić information content (AvgIpc) is 2.40. The molecule has 0 fully saturated rings. The third-order valence-corrected chi connectivity index (χ3v) is 2.65. The zero-order valence-corrected chi connectivity index (χ0v) is 11.9. The lowest BCUT2D eigenvalue weighted by Crippen LogP contribution is -2.23. The smallest absolute Gasteiger partial charge is 0.251 e. The molecular formula is C13H23N3O3. The molecule has 1 unspecified atom stereocenters. The van der Waals surface area contributed by atoms with Gasteiger partial charge in [0.1, 0.15) is 11.9 Å². The quantitative estimate of drug-likeness (QED) is 0.654. The second-order valence-corrected chi connectivity index (χ2v) is 4.14. The van der Waals surface area contributed by atoms with Gasteiger partial charge in [-0.05, 0) is 13.3 Å². The van der Waals surface area contributed by atoms with Crippen LogP contribution in [0.15, 0.2) is 10.9 Å². The summed E-state index contributed by atoms with van der Waals surface area (Å²) in [6, 6.07) is 1.50. The molecule has 1 heterocycles. The zero-order chi connectivity index (χ0) is 14.1. The van der Waals surface area contributed by atoms with E-state index in [4.69, 9.17) is 9.47 Å². The fourth-order valence-corrected chi connectivity index (χ4v) is 1.75. The van der Waals surface area contributed by atoms with Crippen LogP contribution >= 0.6 is 0 Å². The summed E-state index contributed by atoms with van der Waals surface area (Å²) in [5, 5.41) is 3.16. The maximum atomic E-state index is 11.6. The van der Waals surface area contributed by atoms with E-state index >= 15 is 0 Å². The van der Waals surface area contributed by atoms with Crippen molar-refractivity contribution in [2.45, 2.75) is 32.9 Å². The van der Waals surface area contributed by atoms with Crippen molar-refractivity contribution >= 4 is 0 Å². The van der Waals surface area contributed by atoms with Crippen LogP contribution in [0.25, 0.3) is 0 Å². The van der Waals surface area contributed by atoms with E-state index in [2.05, 4.69) is 15.3 Å². The number of aromatic nitrogens is 2. The van der Waals surface area contributed by atoms with Crippen molar-refractivity contribution in [2.24, 2.45) is 0 Å². The number of nitrogens with one attached hydrogen (secondary N) is 2. The molecule has 1 atom stereocenters. The first-order valence-electron chi connectivity index (χ1n) is 6.62. The predicted molar refractivity (Wildman–Crippen MR) is 73.1 cm³/mol. The van der Waals surface area contributed by atoms with Crippen LogP contribution in [0, 0.1) is 0 Å². The van der Waals surface area contributed by atoms with Crippen molar-refractivity contribution in [3.8, 4) is 0 Å². The first-order valence-corrected chi connectivity index (χ1v) is 6.62. The molecule has 1 rings (SSSR count). The monoisotopic (exact) mass is 269 g/mol. The normalized spacial score (nSPS) is 12.6. The van der Waals surface area contributed by atoms with Gasteiger partial charge in [0.05, 0.1) is 12.3 Å². The minimum atomic E-state index is -0.156. The fraction of sp³-hybridized carbons (Fsp3) is 0.692. The standard InChI is InChI=1S/C13H23N3O3/c1-4-11(19-5-2)13-15-10(8-12(17)16-13)9-14-6-7-18-3/h8,11,14H,4-7,9H2,1-3H3,(H,15,16,17). The molecule has 0 aliphatic heterocycles. The van der Waals surface area contributed by atoms with Crippen LogP contribution in [0.2, 0.25) is 0 Å². The third kappa shape index (κ3) is 5.50. The van der Waals surface area contributed by atoms with E-state index in [1.165, 1.54) is 6.07 Å². The number of aromatic amines is 1. The second-order valence-electron chi connectivity index (χ2n) is 4.14. The van der Waals surface area contributed by atoms with E-state index in [1.54, 1.807) is 7.11 Å². The Labute approximate surface area is 113 Å². The average molecular weight is 269 g/mol. The molecule has 0 amide bonds. The number of rotatable bonds is 9. The number of ether oxygens (including phenoxy) is 2. The number of hydrogen-bond acceptors (Lipinski definition) is 5. The maximum absolute atomic E-state index is 11.6. The summed E-state index contributed by atoms with van der Waals surface area (Å²) in [5.41, 5.74) is 0.569. The fourth-order valence-electron chi connectivity index (χ4n) is 1.75. The van der Waals surface area contributed by atoms with E-state index in [0.717, 1.165) is 13.0 Å². The van der Waals surface area contributed by atoms with Gasteiger partial charge in [0.25, 0.3) is 5.56 Å². The molecular weight excluding hydrogens is 246 g/mol. The van der Waals surface area contributed by atoms with Crippen LogP contribution in [-0.4, -0.2) is 36.8 Å². The molecule has 0 saturated carbocycles. The van der Waals surface area contributed by atoms with Crippen molar-refractivity contribution in [3.63, 3.8) is 0 Å². The molecule has 0 aliphatic carbocycles. The van der Waals surface area contributed by atoms with E-state index in [9.17, 15) is 4.79 Å². The Hall–Kier alpha value is -1.24. The lowest BCUT2D eigenvalue weighted by molar-refractivity contribution is 0.0531. The summed E-state index contributed by atoms with van der Waals surface area (Å²) < 4.78 is 10.5. The summed E-state index contributed by atoms with van der Waals surface area (Å²) in [5.74, 6) is 0.598. The topological polar surface area (TPSA) is 76.2 Å². The lowest BCUT2D eigenvalue weighted by Gasteiger charge is -2.14. The molecule has 1 aromatic heterocycles. The van der Waals surface area contributed by atoms with Crippen LogP contribution < -0.4 is 10.9 Å². The van der Waals surface area contributed by atoms with Crippen molar-refractivity contribution < 1.29 is 9.47 Å². The van der Waals surface area contributed by atoms with Crippen molar-refractivity contribution in [1.29, 1.82) is 0 Å². The minimum absolute atomic E-state index is 0.147. The maximum Gasteiger partial charge on any atom is 0.251 e. The Morgan fingerprint density at radius 1 is 1.47 bits per heavy atom. The van der Waals surface area contributed by atoms with Crippen LogP contribution in [0.4, 0.5) is 0 Å². The molecule has 0 bridgehead atoms. The number of hydrogen-bond donors (Lipinski definition) is 2. The van der Waals surface area contributed by atoms with E-state index in [1.807, 2.05) is 13.8 Å². The molecule has 19 heavy (non-hydrogen) atoms. The van der Waals surface area contributed by atoms with Crippen LogP contribution in [-0.2, 0) is 16.0 Å². The van der Waals surface area contributed by atoms with Gasteiger partial charge in [-0.1, -0.05) is 6.92 Å². The van der Waals surface area contributed by atoms with Crippen molar-refractivity contribution in [3.05, 3.63) is 27.9 Å². The highest BCUT2D eigenvalue weighted by atomic mass is 16.5. The Morgan fingerprint density at radius 3 is 2.89 bits per heavy atom. The highest BCUT2D eigenvalue weighted by Crippen LogP contribution is 2.15. The highest BCUT2D eigenvalue weighted by molar-refractivity contribution is 5.04. The van der Waals surface area contributed by atoms with Crippen LogP contribution in [0.1, 0.15) is 37.9 Å². The van der Waals surface area contributed by atoms with Gasteiger partial charge < -0.3 is 19.8 Å². The van der Waals surface area contributed by atoms with E-state index in [-0.39, 0.29) is 11.7 Å². The second kappa shape index (κ2) is 8.79. The van der Waals surface area contributed by atoms with Gasteiger partial charge in [-0.25, -0.2) is 4.98 Å². The molecule has 6 heteroatoms. The summed E-state index contributed by atoms with van der Waals surface area (Å²) in [7, 11) is 1.65. The zero-order valence-electron chi connectivity index (χ0n) is 11.9. The number of nitrogens with zero attached hydrogens (tertiary/aromatic N) is 1. The molecule has 2 N–H and O–H groups in total. The van der Waals surface area contributed by atoms with Crippen LogP contribution in [0.5, 0.6) is 0 Å². The van der Waals surface area contributed by atoms with Gasteiger partial charge in [0, 0.05) is 32.9 Å². The van der Waals surface area contributed by atoms with Crippen LogP contribution in [0.3, 0.4) is 0 Å².